The van der Waals surface area contributed by atoms with E-state index in [9.17, 15) is 29.1 Å². The first-order valence-corrected chi connectivity index (χ1v) is 20.2. The zero-order chi connectivity index (χ0) is 35.0. The van der Waals surface area contributed by atoms with Gasteiger partial charge in [0.1, 0.15) is 18.3 Å². The van der Waals surface area contributed by atoms with Crippen LogP contribution in [0.2, 0.25) is 0 Å². The van der Waals surface area contributed by atoms with Gasteiger partial charge in [-0.15, -0.1) is 0 Å². The summed E-state index contributed by atoms with van der Waals surface area (Å²) < 4.78 is 5.03. The van der Waals surface area contributed by atoms with Crippen molar-refractivity contribution >= 4 is 66.3 Å². The van der Waals surface area contributed by atoms with Gasteiger partial charge in [-0.3, -0.25) is 29.3 Å². The van der Waals surface area contributed by atoms with Gasteiger partial charge in [0.15, 0.2) is 11.6 Å². The first-order chi connectivity index (χ1) is 20.5. The molecule has 44 heavy (non-hydrogen) atoms. The van der Waals surface area contributed by atoms with Gasteiger partial charge in [-0.2, -0.15) is 0 Å². The van der Waals surface area contributed by atoms with Crippen molar-refractivity contribution in [1.29, 1.82) is 0 Å². The normalized spacial score (nSPS) is 20.9. The zero-order valence-corrected chi connectivity index (χ0v) is 29.5. The molecule has 1 aliphatic heterocycles. The van der Waals surface area contributed by atoms with Crippen LogP contribution in [0.15, 0.2) is 0 Å². The molecule has 1 amide bonds. The minimum absolute atomic E-state index is 0.0305. The lowest BCUT2D eigenvalue weighted by molar-refractivity contribution is -0.235. The second-order valence-corrected chi connectivity index (χ2v) is 9.81. The molecule has 1 rings (SSSR count). The Morgan fingerprint density at radius 2 is 1.59 bits per heavy atom. The van der Waals surface area contributed by atoms with Gasteiger partial charge in [-0.1, -0.05) is 27.2 Å². The van der Waals surface area contributed by atoms with Crippen molar-refractivity contribution in [3.05, 3.63) is 0 Å². The van der Waals surface area contributed by atoms with Crippen LogP contribution in [0.3, 0.4) is 0 Å². The predicted octanol–water partition coefficient (Wildman–Crippen LogP) is -2.08. The first kappa shape index (κ1) is 47.6. The van der Waals surface area contributed by atoms with Crippen LogP contribution in [0.5, 0.6) is 0 Å². The van der Waals surface area contributed by atoms with E-state index in [4.69, 9.17) is 46.8 Å². The fourth-order valence-electron chi connectivity index (χ4n) is 3.17. The van der Waals surface area contributed by atoms with Gasteiger partial charge in [-0.25, -0.2) is 0 Å². The quantitative estimate of drug-likeness (QED) is 0.0345. The SMILES string of the molecule is CC1COC(O)(NC(=O)[C@@H](N)CCCCN)C(=O)C1.CCC(=O)C(=O)C[C@H](O)CO.CCC(=O)C(O)C(O)[C@H](O)CO.II. The molecule has 1 fully saturated rings. The van der Waals surface area contributed by atoms with Gasteiger partial charge in [0, 0.05) is 62.9 Å². The lowest BCUT2D eigenvalue weighted by Crippen LogP contribution is -2.62. The third-order valence-electron chi connectivity index (χ3n) is 5.93. The average Bonchev–Trinajstić information content (AvgIpc) is 3.02. The van der Waals surface area contributed by atoms with Crippen molar-refractivity contribution in [2.75, 3.05) is 26.4 Å². The number of ether oxygens (including phenoxy) is 1. The van der Waals surface area contributed by atoms with Gasteiger partial charge in [0.25, 0.3) is 0 Å². The van der Waals surface area contributed by atoms with Gasteiger partial charge in [-0.05, 0) is 25.3 Å². The summed E-state index contributed by atoms with van der Waals surface area (Å²) in [5, 5.41) is 64.5. The number of hydrogen-bond donors (Lipinski definition) is 10. The number of nitrogens with one attached hydrogen (secondary N) is 1. The van der Waals surface area contributed by atoms with Crippen LogP contribution in [0.4, 0.5) is 0 Å². The predicted molar refractivity (Wildman–Crippen MR) is 175 cm³/mol. The van der Waals surface area contributed by atoms with E-state index in [2.05, 4.69) is 42.5 Å². The standard InChI is InChI=1S/C12H23N3O4.C7H14O5.C7H12O4.I2/c1-8-6-10(16)12(18,19-7-8)15-11(17)9(14)4-2-3-5-13;1-2-4(9)6(11)7(12)5(10)3-8;1-2-6(10)7(11)3-5(9)4-8;1-2/h8-9,18H,2-7,13-14H2,1H3,(H,15,17);5-8,10-12H,2-3H2,1H3;5,8-9H,2-4H2,1H3;/t8?,9-,12?;5-,6?,7?;5-;/m010./s1. The number of unbranched alkanes of at least 4 members (excludes halogenated alkanes) is 1. The van der Waals surface area contributed by atoms with Crippen LogP contribution in [-0.2, 0) is 28.7 Å². The van der Waals surface area contributed by atoms with Gasteiger partial charge in [0.2, 0.25) is 17.5 Å². The molecule has 0 aliphatic carbocycles. The fraction of sp³-hybridized carbons (Fsp3) is 0.808. The molecule has 18 heteroatoms. The van der Waals surface area contributed by atoms with Crippen molar-refractivity contribution in [3.63, 3.8) is 0 Å². The molecule has 16 nitrogen and oxygen atoms in total. The number of halogens is 2. The molecule has 0 spiro atoms. The van der Waals surface area contributed by atoms with Crippen LogP contribution in [0.1, 0.15) is 65.7 Å². The zero-order valence-electron chi connectivity index (χ0n) is 25.2. The molecule has 1 aliphatic rings. The Hall–Kier alpha value is -0.790. The number of Topliss-reactive ketones (excluding diaryl/α,β-unsaturated/α-hetero) is 4. The maximum Gasteiger partial charge on any atom is 0.312 e. The maximum atomic E-state index is 11.8. The number of aliphatic hydroxyl groups excluding tert-OH is 6. The molecular weight excluding hydrogens is 816 g/mol. The highest BCUT2D eigenvalue weighted by atomic mass is 128. The number of carbonyl (C=O) groups excluding carboxylic acids is 5. The molecule has 0 aromatic rings. The lowest BCUT2D eigenvalue weighted by atomic mass is 10.00. The molecule has 0 radical (unpaired) electrons. The van der Waals surface area contributed by atoms with Crippen molar-refractivity contribution in [2.24, 2.45) is 17.4 Å². The maximum absolute atomic E-state index is 11.8. The highest BCUT2D eigenvalue weighted by Gasteiger charge is 2.43. The molecule has 4 unspecified atom stereocenters. The second-order valence-electron chi connectivity index (χ2n) is 9.81. The van der Waals surface area contributed by atoms with Gasteiger partial charge >= 0.3 is 5.91 Å². The summed E-state index contributed by atoms with van der Waals surface area (Å²) in [7, 11) is 0. The third kappa shape index (κ3) is 20.4. The monoisotopic (exact) mass is 865 g/mol. The summed E-state index contributed by atoms with van der Waals surface area (Å²) in [4.78, 5) is 55.6. The molecule has 260 valence electrons. The van der Waals surface area contributed by atoms with Gasteiger partial charge in [0.05, 0.1) is 32.0 Å². The third-order valence-corrected chi connectivity index (χ3v) is 5.93. The van der Waals surface area contributed by atoms with E-state index >= 15 is 0 Å². The Labute approximate surface area is 280 Å². The van der Waals surface area contributed by atoms with Crippen LogP contribution in [-0.4, -0.2) is 128 Å². The smallest absolute Gasteiger partial charge is 0.312 e. The average molecular weight is 865 g/mol. The van der Waals surface area contributed by atoms with E-state index in [0.29, 0.717) is 13.0 Å². The molecule has 1 saturated heterocycles. The Kier molecular flexibility index (Phi) is 29.6. The van der Waals surface area contributed by atoms with Crippen molar-refractivity contribution in [1.82, 2.24) is 5.32 Å². The van der Waals surface area contributed by atoms with Crippen LogP contribution in [0.25, 0.3) is 0 Å². The number of carbonyl (C=O) groups is 5. The molecule has 12 N–H and O–H groups in total. The molecule has 0 saturated carbocycles. The summed E-state index contributed by atoms with van der Waals surface area (Å²) in [6, 6.07) is -0.786. The Morgan fingerprint density at radius 1 is 1.02 bits per heavy atom. The topological polar surface area (TPSA) is 300 Å². The van der Waals surface area contributed by atoms with Crippen molar-refractivity contribution < 1.29 is 64.5 Å². The van der Waals surface area contributed by atoms with E-state index in [1.165, 1.54) is 6.92 Å². The highest BCUT2D eigenvalue weighted by molar-refractivity contribution is 15.0. The molecule has 1 heterocycles. The molecule has 0 aromatic heterocycles. The Morgan fingerprint density at radius 3 is 2.02 bits per heavy atom. The summed E-state index contributed by atoms with van der Waals surface area (Å²) in [6.45, 7) is 4.52. The molecule has 0 aromatic carbocycles. The van der Waals surface area contributed by atoms with E-state index in [1.54, 1.807) is 6.92 Å². The van der Waals surface area contributed by atoms with Gasteiger partial charge < -0.3 is 51.9 Å². The van der Waals surface area contributed by atoms with E-state index < -0.39 is 78.6 Å². The summed E-state index contributed by atoms with van der Waals surface area (Å²) >= 11 is 4.24. The van der Waals surface area contributed by atoms with E-state index in [-0.39, 0.29) is 38.2 Å². The number of rotatable bonds is 16. The van der Waals surface area contributed by atoms with E-state index in [0.717, 1.165) is 12.8 Å². The number of ketones is 4. The van der Waals surface area contributed by atoms with Crippen LogP contribution >= 0.6 is 37.2 Å². The summed E-state index contributed by atoms with van der Waals surface area (Å²) in [5.74, 6) is -5.02. The molecular formula is C26H49I2N3O13. The largest absolute Gasteiger partial charge is 0.394 e. The number of aliphatic hydroxyl groups is 7. The summed E-state index contributed by atoms with van der Waals surface area (Å²) in [6.07, 6.45) is -3.74. The molecule has 0 bridgehead atoms. The second kappa shape index (κ2) is 27.3. The lowest BCUT2D eigenvalue weighted by Gasteiger charge is -2.34. The fourth-order valence-corrected chi connectivity index (χ4v) is 3.17. The minimum atomic E-state index is -2.23. The number of nitrogens with two attached hydrogens (primary N) is 2. The Bertz CT molecular complexity index is 856. The van der Waals surface area contributed by atoms with Crippen LogP contribution < -0.4 is 16.8 Å². The highest BCUT2D eigenvalue weighted by Crippen LogP contribution is 2.20. The van der Waals surface area contributed by atoms with E-state index in [1.807, 2.05) is 6.92 Å². The Balaban J connectivity index is -0.000000587. The minimum Gasteiger partial charge on any atom is -0.394 e. The summed E-state index contributed by atoms with van der Waals surface area (Å²) in [5.41, 5.74) is 11.0. The van der Waals surface area contributed by atoms with Crippen LogP contribution in [0, 0.1) is 5.92 Å². The van der Waals surface area contributed by atoms with Crippen molar-refractivity contribution in [2.45, 2.75) is 102 Å². The molecule has 7 atom stereocenters. The first-order valence-electron chi connectivity index (χ1n) is 13.9. The number of amides is 1. The number of hydrogen-bond acceptors (Lipinski definition) is 15. The van der Waals surface area contributed by atoms with Crippen molar-refractivity contribution in [3.8, 4) is 0 Å².